The fourth-order valence-electron chi connectivity index (χ4n) is 4.01. The lowest BCUT2D eigenvalue weighted by Crippen LogP contribution is -2.23. The third-order valence-corrected chi connectivity index (χ3v) is 5.73. The van der Waals surface area contributed by atoms with Crippen LogP contribution in [0.2, 0.25) is 0 Å². The van der Waals surface area contributed by atoms with E-state index in [1.807, 2.05) is 0 Å². The first kappa shape index (κ1) is 16.4. The summed E-state index contributed by atoms with van der Waals surface area (Å²) >= 11 is 0. The topological polar surface area (TPSA) is 39.3 Å². The average molecular weight is 334 g/mol. The van der Waals surface area contributed by atoms with Crippen molar-refractivity contribution in [3.63, 3.8) is 0 Å². The van der Waals surface area contributed by atoms with Crippen LogP contribution in [0.1, 0.15) is 42.6 Å². The molecule has 0 bridgehead atoms. The minimum absolute atomic E-state index is 0.0545. The van der Waals surface area contributed by atoms with Crippen molar-refractivity contribution in [2.45, 2.75) is 39.3 Å². The third kappa shape index (κ3) is 2.99. The van der Waals surface area contributed by atoms with Crippen LogP contribution in [0.4, 0.5) is 0 Å². The average Bonchev–Trinajstić information content (AvgIpc) is 3.29. The van der Waals surface area contributed by atoms with Gasteiger partial charge in [-0.3, -0.25) is 4.90 Å². The first-order valence-corrected chi connectivity index (χ1v) is 9.24. The van der Waals surface area contributed by atoms with Gasteiger partial charge in [-0.25, -0.2) is 0 Å². The fourth-order valence-corrected chi connectivity index (χ4v) is 4.01. The van der Waals surface area contributed by atoms with Gasteiger partial charge in [-0.15, -0.1) is 0 Å². The van der Waals surface area contributed by atoms with Gasteiger partial charge in [0.05, 0.1) is 6.61 Å². The molecule has 1 aliphatic rings. The Morgan fingerprint density at radius 1 is 1.04 bits per heavy atom. The number of nitrogens with one attached hydrogen (secondary N) is 1. The number of aromatic nitrogens is 1. The molecular formula is C22H26N2O. The molecule has 25 heavy (non-hydrogen) atoms. The zero-order valence-electron chi connectivity index (χ0n) is 15.0. The highest BCUT2D eigenvalue weighted by atomic mass is 16.3. The minimum atomic E-state index is 0.0545. The Bertz CT molecular complexity index is 873. The highest BCUT2D eigenvalue weighted by Crippen LogP contribution is 2.30. The summed E-state index contributed by atoms with van der Waals surface area (Å²) in [4.78, 5) is 5.86. The van der Waals surface area contributed by atoms with Gasteiger partial charge < -0.3 is 10.1 Å². The van der Waals surface area contributed by atoms with Gasteiger partial charge >= 0.3 is 0 Å². The minimum Gasteiger partial charge on any atom is -0.390 e. The van der Waals surface area contributed by atoms with Crippen LogP contribution in [-0.2, 0) is 6.61 Å². The molecule has 0 unspecified atom stereocenters. The zero-order valence-corrected chi connectivity index (χ0v) is 15.0. The Hall–Kier alpha value is -2.10. The van der Waals surface area contributed by atoms with E-state index in [1.54, 1.807) is 0 Å². The smallest absolute Gasteiger partial charge is 0.0833 e. The van der Waals surface area contributed by atoms with Crippen molar-refractivity contribution in [2.75, 3.05) is 13.1 Å². The lowest BCUT2D eigenvalue weighted by Gasteiger charge is -2.24. The van der Waals surface area contributed by atoms with Gasteiger partial charge in [-0.05, 0) is 74.2 Å². The van der Waals surface area contributed by atoms with Crippen molar-refractivity contribution < 1.29 is 5.11 Å². The van der Waals surface area contributed by atoms with E-state index in [1.165, 1.54) is 48.0 Å². The second-order valence-corrected chi connectivity index (χ2v) is 7.19. The van der Waals surface area contributed by atoms with Gasteiger partial charge in [-0.2, -0.15) is 0 Å². The number of hydrogen-bond donors (Lipinski definition) is 2. The molecule has 0 radical (unpaired) electrons. The van der Waals surface area contributed by atoms with Crippen molar-refractivity contribution in [1.82, 2.24) is 9.88 Å². The van der Waals surface area contributed by atoms with Crippen molar-refractivity contribution in [1.29, 1.82) is 0 Å². The number of H-pyrrole nitrogens is 1. The molecule has 2 heterocycles. The summed E-state index contributed by atoms with van der Waals surface area (Å²) in [6, 6.07) is 16.0. The molecule has 1 aromatic heterocycles. The van der Waals surface area contributed by atoms with E-state index in [-0.39, 0.29) is 6.61 Å². The lowest BCUT2D eigenvalue weighted by molar-refractivity contribution is 0.263. The van der Waals surface area contributed by atoms with Crippen LogP contribution in [0.3, 0.4) is 0 Å². The largest absolute Gasteiger partial charge is 0.390 e. The Balaban J connectivity index is 1.63. The molecule has 0 spiro atoms. The number of aromatic amines is 1. The molecule has 1 atom stereocenters. The van der Waals surface area contributed by atoms with E-state index in [9.17, 15) is 5.11 Å². The molecule has 0 saturated carbocycles. The molecule has 2 N–H and O–H groups in total. The van der Waals surface area contributed by atoms with Crippen LogP contribution in [-0.4, -0.2) is 28.1 Å². The third-order valence-electron chi connectivity index (χ3n) is 5.73. The highest BCUT2D eigenvalue weighted by Gasteiger charge is 2.19. The van der Waals surface area contributed by atoms with Crippen LogP contribution in [0.15, 0.2) is 42.5 Å². The van der Waals surface area contributed by atoms with E-state index in [0.29, 0.717) is 6.04 Å². The molecule has 130 valence electrons. The second-order valence-electron chi connectivity index (χ2n) is 7.19. The van der Waals surface area contributed by atoms with Crippen LogP contribution in [0.25, 0.3) is 22.0 Å². The van der Waals surface area contributed by atoms with Crippen LogP contribution >= 0.6 is 0 Å². The summed E-state index contributed by atoms with van der Waals surface area (Å²) in [7, 11) is 0. The van der Waals surface area contributed by atoms with E-state index in [4.69, 9.17) is 0 Å². The van der Waals surface area contributed by atoms with Crippen molar-refractivity contribution in [3.05, 3.63) is 59.3 Å². The molecule has 1 saturated heterocycles. The van der Waals surface area contributed by atoms with Gasteiger partial charge in [0.1, 0.15) is 0 Å². The number of rotatable bonds is 4. The molecule has 3 aromatic rings. The highest BCUT2D eigenvalue weighted by molar-refractivity contribution is 5.88. The van der Waals surface area contributed by atoms with Gasteiger partial charge in [-0.1, -0.05) is 30.3 Å². The Morgan fingerprint density at radius 3 is 2.40 bits per heavy atom. The SMILES string of the molecule is Cc1c(CO)[nH]c2ccc(-c3ccc([C@@H](C)N4CCCC4)cc3)cc12. The monoisotopic (exact) mass is 334 g/mol. The number of aryl methyl sites for hydroxylation is 1. The number of aliphatic hydroxyl groups excluding tert-OH is 1. The number of aliphatic hydroxyl groups is 1. The first-order chi connectivity index (χ1) is 12.2. The molecular weight excluding hydrogens is 308 g/mol. The summed E-state index contributed by atoms with van der Waals surface area (Å²) in [5.74, 6) is 0. The number of benzene rings is 2. The van der Waals surface area contributed by atoms with Crippen LogP contribution in [0, 0.1) is 6.92 Å². The molecule has 0 amide bonds. The van der Waals surface area contributed by atoms with Crippen LogP contribution in [0.5, 0.6) is 0 Å². The van der Waals surface area contributed by atoms with Gasteiger partial charge in [0.25, 0.3) is 0 Å². The number of fused-ring (bicyclic) bond motifs is 1. The predicted octanol–water partition coefficient (Wildman–Crippen LogP) is 4.79. The summed E-state index contributed by atoms with van der Waals surface area (Å²) in [5, 5.41) is 10.6. The number of nitrogens with zero attached hydrogens (tertiary/aromatic N) is 1. The quantitative estimate of drug-likeness (QED) is 0.720. The Labute approximate surface area is 149 Å². The Kier molecular flexibility index (Phi) is 4.36. The fraction of sp³-hybridized carbons (Fsp3) is 0.364. The van der Waals surface area contributed by atoms with E-state index >= 15 is 0 Å². The maximum absolute atomic E-state index is 9.44. The molecule has 4 rings (SSSR count). The van der Waals surface area contributed by atoms with Gasteiger partial charge in [0.15, 0.2) is 0 Å². The van der Waals surface area contributed by atoms with Crippen molar-refractivity contribution in [2.24, 2.45) is 0 Å². The van der Waals surface area contributed by atoms with Crippen LogP contribution < -0.4 is 0 Å². The van der Waals surface area contributed by atoms with Gasteiger partial charge in [0.2, 0.25) is 0 Å². The zero-order chi connectivity index (χ0) is 17.4. The number of hydrogen-bond acceptors (Lipinski definition) is 2. The molecule has 3 heteroatoms. The molecule has 0 aliphatic carbocycles. The van der Waals surface area contributed by atoms with Crippen molar-refractivity contribution >= 4 is 10.9 Å². The number of likely N-dealkylation sites (tertiary alicyclic amines) is 1. The summed E-state index contributed by atoms with van der Waals surface area (Å²) in [6.45, 7) is 6.87. The summed E-state index contributed by atoms with van der Waals surface area (Å²) < 4.78 is 0. The van der Waals surface area contributed by atoms with E-state index in [0.717, 1.165) is 16.8 Å². The molecule has 2 aromatic carbocycles. The molecule has 3 nitrogen and oxygen atoms in total. The molecule has 1 aliphatic heterocycles. The van der Waals surface area contributed by atoms with Crippen molar-refractivity contribution in [3.8, 4) is 11.1 Å². The normalized spacial score (nSPS) is 16.6. The summed E-state index contributed by atoms with van der Waals surface area (Å²) in [5.41, 5.74) is 6.99. The van der Waals surface area contributed by atoms with Gasteiger partial charge in [0, 0.05) is 22.6 Å². The lowest BCUT2D eigenvalue weighted by atomic mass is 9.99. The maximum Gasteiger partial charge on any atom is 0.0833 e. The Morgan fingerprint density at radius 2 is 1.72 bits per heavy atom. The summed E-state index contributed by atoms with van der Waals surface area (Å²) in [6.07, 6.45) is 2.66. The molecule has 1 fully saturated rings. The maximum atomic E-state index is 9.44. The van der Waals surface area contributed by atoms with E-state index < -0.39 is 0 Å². The predicted molar refractivity (Wildman–Crippen MR) is 104 cm³/mol. The second kappa shape index (κ2) is 6.66. The first-order valence-electron chi connectivity index (χ1n) is 9.24. The van der Waals surface area contributed by atoms with E-state index in [2.05, 4.69) is 66.2 Å². The standard InChI is InChI=1S/C22H26N2O/c1-15-20-13-19(9-10-21(20)23-22(15)14-25)18-7-5-17(6-8-18)16(2)24-11-3-4-12-24/h5-10,13,16,23,25H,3-4,11-12,14H2,1-2H3/t16-/m1/s1.